The summed E-state index contributed by atoms with van der Waals surface area (Å²) in [5.41, 5.74) is 2.90. The second kappa shape index (κ2) is 11.0. The summed E-state index contributed by atoms with van der Waals surface area (Å²) in [4.78, 5) is 30.9. The molecule has 2 heterocycles. The molecule has 0 radical (unpaired) electrons. The normalized spacial score (nSPS) is 18.6. The summed E-state index contributed by atoms with van der Waals surface area (Å²) < 4.78 is 0. The Hall–Kier alpha value is -1.99. The van der Waals surface area contributed by atoms with Crippen molar-refractivity contribution in [3.05, 3.63) is 57.6 Å². The van der Waals surface area contributed by atoms with E-state index in [4.69, 9.17) is 23.2 Å². The van der Waals surface area contributed by atoms with Gasteiger partial charge in [0.1, 0.15) is 0 Å². The second-order valence-electron chi connectivity index (χ2n) is 8.29. The molecule has 4 rings (SSSR count). The first kappa shape index (κ1) is 25.6. The number of halogens is 3. The first-order valence-corrected chi connectivity index (χ1v) is 11.8. The number of fused-ring (bicyclic) bond motifs is 1. The summed E-state index contributed by atoms with van der Waals surface area (Å²) in [5, 5.41) is 10.6. The highest BCUT2D eigenvalue weighted by atomic mass is 35.5. The molecule has 1 atom stereocenters. The Balaban J connectivity index is 0.00000306. The summed E-state index contributed by atoms with van der Waals surface area (Å²) in [5.74, 6) is -0.927. The van der Waals surface area contributed by atoms with Gasteiger partial charge in [0.25, 0.3) is 0 Å². The highest BCUT2D eigenvalue weighted by molar-refractivity contribution is 6.43. The van der Waals surface area contributed by atoms with Crippen molar-refractivity contribution in [2.75, 3.05) is 42.5 Å². The quantitative estimate of drug-likeness (QED) is 0.553. The number of unbranched alkanes of at least 4 members (excludes halogenated alkanes) is 1. The maximum absolute atomic E-state index is 13.1. The van der Waals surface area contributed by atoms with Crippen LogP contribution in [0.5, 0.6) is 0 Å². The molecule has 178 valence electrons. The Kier molecular flexibility index (Phi) is 8.51. The van der Waals surface area contributed by atoms with Crippen molar-refractivity contribution in [1.29, 1.82) is 0 Å². The van der Waals surface area contributed by atoms with Crippen molar-refractivity contribution >= 4 is 58.9 Å². The monoisotopic (exact) mass is 511 g/mol. The van der Waals surface area contributed by atoms with Crippen molar-refractivity contribution in [3.63, 3.8) is 0 Å². The van der Waals surface area contributed by atoms with E-state index >= 15 is 0 Å². The minimum absolute atomic E-state index is 0. The van der Waals surface area contributed by atoms with Gasteiger partial charge in [0.05, 0.1) is 21.3 Å². The topological polar surface area (TPSA) is 64.1 Å². The van der Waals surface area contributed by atoms with E-state index < -0.39 is 5.97 Å². The predicted octanol–water partition coefficient (Wildman–Crippen LogP) is 5.51. The van der Waals surface area contributed by atoms with E-state index in [0.29, 0.717) is 23.0 Å². The molecular weight excluding hydrogens is 485 g/mol. The fraction of sp³-hybridized carbons (Fsp3) is 0.417. The highest BCUT2D eigenvalue weighted by Crippen LogP contribution is 2.40. The van der Waals surface area contributed by atoms with E-state index in [1.807, 2.05) is 18.2 Å². The largest absolute Gasteiger partial charge is 0.478 e. The molecule has 33 heavy (non-hydrogen) atoms. The minimum Gasteiger partial charge on any atom is -0.478 e. The summed E-state index contributed by atoms with van der Waals surface area (Å²) in [6, 6.07) is 10.8. The number of carboxylic acid groups (broad SMARTS) is 1. The summed E-state index contributed by atoms with van der Waals surface area (Å²) in [6.45, 7) is 5.78. The van der Waals surface area contributed by atoms with Gasteiger partial charge >= 0.3 is 5.97 Å². The van der Waals surface area contributed by atoms with Crippen LogP contribution in [-0.2, 0) is 4.79 Å². The van der Waals surface area contributed by atoms with Crippen LogP contribution in [0.2, 0.25) is 10.0 Å². The molecule has 1 N–H and O–H groups in total. The number of carboxylic acids is 1. The molecule has 0 aliphatic carbocycles. The molecule has 2 aromatic carbocycles. The van der Waals surface area contributed by atoms with Crippen LogP contribution in [0.3, 0.4) is 0 Å². The number of hydrogen-bond acceptors (Lipinski definition) is 4. The van der Waals surface area contributed by atoms with Gasteiger partial charge in [0.2, 0.25) is 5.91 Å². The van der Waals surface area contributed by atoms with E-state index in [1.165, 1.54) is 0 Å². The standard InChI is InChI=1S/C24H27Cl2N3O3.ClH/c1-2-3-9-29-21-14-16(24(31)32)7-8-17(21)20(15-22(29)30)28-12-10-27(11-13-28)19-6-4-5-18(25)23(19)26;/h4-8,14,20H,2-3,9-13,15H2,1H3,(H,31,32);1H. The first-order chi connectivity index (χ1) is 15.4. The zero-order valence-electron chi connectivity index (χ0n) is 18.5. The average molecular weight is 513 g/mol. The maximum Gasteiger partial charge on any atom is 0.335 e. The number of benzene rings is 2. The third kappa shape index (κ3) is 5.24. The van der Waals surface area contributed by atoms with Crippen LogP contribution in [0.4, 0.5) is 11.4 Å². The molecule has 0 bridgehead atoms. The molecule has 1 fully saturated rings. The number of anilines is 2. The summed E-state index contributed by atoms with van der Waals surface area (Å²) in [6.07, 6.45) is 2.25. The number of piperazine rings is 1. The van der Waals surface area contributed by atoms with Gasteiger partial charge < -0.3 is 14.9 Å². The van der Waals surface area contributed by atoms with Crippen LogP contribution in [0.15, 0.2) is 36.4 Å². The number of amides is 1. The lowest BCUT2D eigenvalue weighted by atomic mass is 9.92. The van der Waals surface area contributed by atoms with Crippen molar-refractivity contribution in [3.8, 4) is 0 Å². The van der Waals surface area contributed by atoms with E-state index in [-0.39, 0.29) is 29.9 Å². The van der Waals surface area contributed by atoms with E-state index in [1.54, 1.807) is 23.1 Å². The number of aromatic carboxylic acids is 1. The first-order valence-electron chi connectivity index (χ1n) is 11.0. The van der Waals surface area contributed by atoms with Gasteiger partial charge in [-0.15, -0.1) is 12.4 Å². The van der Waals surface area contributed by atoms with Gasteiger partial charge in [-0.2, -0.15) is 0 Å². The number of carbonyl (C=O) groups excluding carboxylic acids is 1. The van der Waals surface area contributed by atoms with Gasteiger partial charge in [0.15, 0.2) is 0 Å². The van der Waals surface area contributed by atoms with Crippen LogP contribution < -0.4 is 9.80 Å². The molecule has 1 saturated heterocycles. The third-order valence-corrected chi connectivity index (χ3v) is 7.17. The zero-order valence-corrected chi connectivity index (χ0v) is 20.8. The number of rotatable bonds is 6. The van der Waals surface area contributed by atoms with Gasteiger partial charge in [-0.1, -0.05) is 48.7 Å². The summed E-state index contributed by atoms with van der Waals surface area (Å²) in [7, 11) is 0. The SMILES string of the molecule is CCCCN1C(=O)CC(N2CCN(c3cccc(Cl)c3Cl)CC2)c2ccc(C(=O)O)cc21.Cl. The predicted molar refractivity (Wildman–Crippen MR) is 136 cm³/mol. The molecule has 1 unspecified atom stereocenters. The molecule has 0 saturated carbocycles. The number of nitrogens with zero attached hydrogens (tertiary/aromatic N) is 3. The molecule has 0 aromatic heterocycles. The van der Waals surface area contributed by atoms with Crippen molar-refractivity contribution in [1.82, 2.24) is 4.90 Å². The molecule has 6 nitrogen and oxygen atoms in total. The van der Waals surface area contributed by atoms with E-state index in [9.17, 15) is 14.7 Å². The second-order valence-corrected chi connectivity index (χ2v) is 9.08. The molecular formula is C24H28Cl3N3O3. The zero-order chi connectivity index (χ0) is 22.8. The lowest BCUT2D eigenvalue weighted by Crippen LogP contribution is -2.50. The molecule has 1 amide bonds. The molecule has 9 heteroatoms. The Morgan fingerprint density at radius 3 is 2.48 bits per heavy atom. The van der Waals surface area contributed by atoms with Crippen molar-refractivity contribution in [2.24, 2.45) is 0 Å². The molecule has 2 aliphatic heterocycles. The summed E-state index contributed by atoms with van der Waals surface area (Å²) >= 11 is 12.6. The van der Waals surface area contributed by atoms with Gasteiger partial charge in [-0.3, -0.25) is 9.69 Å². The number of hydrogen-bond donors (Lipinski definition) is 1. The molecule has 2 aromatic rings. The number of carbonyl (C=O) groups is 2. The lowest BCUT2D eigenvalue weighted by molar-refractivity contribution is -0.120. The van der Waals surface area contributed by atoms with Crippen LogP contribution >= 0.6 is 35.6 Å². The Morgan fingerprint density at radius 2 is 1.82 bits per heavy atom. The fourth-order valence-electron chi connectivity index (χ4n) is 4.61. The minimum atomic E-state index is -0.982. The third-order valence-electron chi connectivity index (χ3n) is 6.36. The van der Waals surface area contributed by atoms with Crippen molar-refractivity contribution < 1.29 is 14.7 Å². The van der Waals surface area contributed by atoms with Gasteiger partial charge in [0, 0.05) is 50.9 Å². The van der Waals surface area contributed by atoms with Crippen molar-refractivity contribution in [2.45, 2.75) is 32.2 Å². The highest BCUT2D eigenvalue weighted by Gasteiger charge is 2.36. The molecule has 2 aliphatic rings. The van der Waals surface area contributed by atoms with Crippen LogP contribution in [0.1, 0.15) is 48.1 Å². The lowest BCUT2D eigenvalue weighted by Gasteiger charge is -2.44. The van der Waals surface area contributed by atoms with E-state index in [0.717, 1.165) is 56.0 Å². The Morgan fingerprint density at radius 1 is 1.09 bits per heavy atom. The van der Waals surface area contributed by atoms with Crippen LogP contribution in [-0.4, -0.2) is 54.6 Å². The Bertz CT molecular complexity index is 1030. The molecule has 0 spiro atoms. The van der Waals surface area contributed by atoms with Gasteiger partial charge in [-0.25, -0.2) is 4.79 Å². The van der Waals surface area contributed by atoms with Crippen LogP contribution in [0.25, 0.3) is 0 Å². The smallest absolute Gasteiger partial charge is 0.335 e. The van der Waals surface area contributed by atoms with Gasteiger partial charge in [-0.05, 0) is 36.2 Å². The van der Waals surface area contributed by atoms with Crippen LogP contribution in [0, 0.1) is 0 Å². The fourth-order valence-corrected chi connectivity index (χ4v) is 5.03. The van der Waals surface area contributed by atoms with E-state index in [2.05, 4.69) is 16.7 Å². The average Bonchev–Trinajstić information content (AvgIpc) is 2.79. The Labute approximate surface area is 210 Å². The maximum atomic E-state index is 13.1.